The molecule has 0 spiro atoms. The molecule has 1 atom stereocenters. The fraction of sp³-hybridized carbons (Fsp3) is 0.333. The number of benzene rings is 2. The Morgan fingerprint density at radius 3 is 2.29 bits per heavy atom. The van der Waals surface area contributed by atoms with E-state index in [1.165, 1.54) is 34.3 Å². The van der Waals surface area contributed by atoms with Crippen LogP contribution in [0.3, 0.4) is 0 Å². The molecule has 0 fully saturated rings. The molecule has 0 radical (unpaired) electrons. The molecule has 3 rings (SSSR count). The van der Waals surface area contributed by atoms with Crippen molar-refractivity contribution in [2.75, 3.05) is 13.1 Å². The van der Waals surface area contributed by atoms with Gasteiger partial charge in [0.1, 0.15) is 11.6 Å². The van der Waals surface area contributed by atoms with Crippen LogP contribution in [0.4, 0.5) is 8.78 Å². The van der Waals surface area contributed by atoms with Crippen molar-refractivity contribution in [3.63, 3.8) is 0 Å². The van der Waals surface area contributed by atoms with Crippen LogP contribution in [0.2, 0.25) is 0 Å². The monoisotopic (exact) mass is 466 g/mol. The van der Waals surface area contributed by atoms with Gasteiger partial charge in [-0.3, -0.25) is 0 Å². The highest BCUT2D eigenvalue weighted by molar-refractivity contribution is 7.99. The fourth-order valence-corrected chi connectivity index (χ4v) is 5.79. The summed E-state index contributed by atoms with van der Waals surface area (Å²) in [5, 5.41) is 8.25. The molecule has 3 aromatic rings. The SMILES string of the molecule is CCN(CC)S(=O)(=O)c1cccc(-c2nnc(SC(C)c3c(F)cccc3F)n2C)c1. The average Bonchev–Trinajstić information content (AvgIpc) is 3.09. The fourth-order valence-electron chi connectivity index (χ4n) is 3.29. The van der Waals surface area contributed by atoms with Crippen LogP contribution in [0, 0.1) is 11.6 Å². The maximum atomic E-state index is 14.1. The van der Waals surface area contributed by atoms with Gasteiger partial charge in [-0.1, -0.05) is 43.8 Å². The van der Waals surface area contributed by atoms with Crippen LogP contribution in [-0.2, 0) is 17.1 Å². The van der Waals surface area contributed by atoms with E-state index in [1.54, 1.807) is 56.7 Å². The van der Waals surface area contributed by atoms with Gasteiger partial charge in [0.25, 0.3) is 0 Å². The molecule has 0 aliphatic carbocycles. The number of halogens is 2. The molecule has 1 unspecified atom stereocenters. The van der Waals surface area contributed by atoms with E-state index in [1.807, 2.05) is 0 Å². The highest BCUT2D eigenvalue weighted by Gasteiger charge is 2.24. The molecule has 0 saturated heterocycles. The minimum Gasteiger partial charge on any atom is -0.305 e. The standard InChI is InChI=1S/C21H24F2N4O2S2/c1-5-27(6-2)31(28,29)16-10-7-9-15(13-16)20-24-25-21(26(20)4)30-14(3)19-17(22)11-8-12-18(19)23/h7-14H,5-6H2,1-4H3. The third-order valence-corrected chi connectivity index (χ3v) is 8.16. The van der Waals surface area contributed by atoms with Gasteiger partial charge in [-0.15, -0.1) is 10.2 Å². The minimum atomic E-state index is -3.61. The van der Waals surface area contributed by atoms with E-state index in [9.17, 15) is 17.2 Å². The maximum Gasteiger partial charge on any atom is 0.243 e. The number of rotatable bonds is 8. The molecule has 0 aliphatic rings. The summed E-state index contributed by atoms with van der Waals surface area (Å²) in [7, 11) is -1.89. The second-order valence-corrected chi connectivity index (χ2v) is 10.1. The summed E-state index contributed by atoms with van der Waals surface area (Å²) < 4.78 is 56.9. The summed E-state index contributed by atoms with van der Waals surface area (Å²) >= 11 is 1.17. The number of nitrogens with zero attached hydrogens (tertiary/aromatic N) is 4. The van der Waals surface area contributed by atoms with Crippen LogP contribution in [-0.4, -0.2) is 40.6 Å². The number of hydrogen-bond acceptors (Lipinski definition) is 5. The number of aromatic nitrogens is 3. The second-order valence-electron chi connectivity index (χ2n) is 6.88. The third kappa shape index (κ3) is 4.65. The minimum absolute atomic E-state index is 0.0237. The van der Waals surface area contributed by atoms with Crippen molar-refractivity contribution in [1.29, 1.82) is 0 Å². The first kappa shape index (κ1) is 23.4. The van der Waals surface area contributed by atoms with E-state index in [0.29, 0.717) is 29.6 Å². The number of sulfonamides is 1. The lowest BCUT2D eigenvalue weighted by Crippen LogP contribution is -2.30. The van der Waals surface area contributed by atoms with Crippen molar-refractivity contribution in [2.24, 2.45) is 7.05 Å². The normalized spacial score (nSPS) is 13.0. The highest BCUT2D eigenvalue weighted by Crippen LogP contribution is 2.37. The molecule has 31 heavy (non-hydrogen) atoms. The Morgan fingerprint density at radius 1 is 1.06 bits per heavy atom. The molecule has 10 heteroatoms. The molecular formula is C21H24F2N4O2S2. The molecule has 0 saturated carbocycles. The van der Waals surface area contributed by atoms with E-state index in [2.05, 4.69) is 10.2 Å². The Bertz CT molecular complexity index is 1160. The zero-order valence-electron chi connectivity index (χ0n) is 17.7. The van der Waals surface area contributed by atoms with Gasteiger partial charge in [-0.2, -0.15) is 4.31 Å². The van der Waals surface area contributed by atoms with Crippen LogP contribution >= 0.6 is 11.8 Å². The summed E-state index contributed by atoms with van der Waals surface area (Å²) in [6.07, 6.45) is 0. The van der Waals surface area contributed by atoms with Crippen LogP contribution in [0.5, 0.6) is 0 Å². The predicted molar refractivity (Wildman–Crippen MR) is 117 cm³/mol. The molecule has 2 aromatic carbocycles. The van der Waals surface area contributed by atoms with Crippen molar-refractivity contribution in [3.8, 4) is 11.4 Å². The van der Waals surface area contributed by atoms with E-state index in [4.69, 9.17) is 0 Å². The predicted octanol–water partition coefficient (Wildman–Crippen LogP) is 4.64. The Labute approximate surface area is 185 Å². The summed E-state index contributed by atoms with van der Waals surface area (Å²) in [6.45, 7) is 6.02. The molecule has 1 aromatic heterocycles. The van der Waals surface area contributed by atoms with Crippen LogP contribution in [0.25, 0.3) is 11.4 Å². The van der Waals surface area contributed by atoms with Gasteiger partial charge in [0.15, 0.2) is 11.0 Å². The Morgan fingerprint density at radius 2 is 1.68 bits per heavy atom. The van der Waals surface area contributed by atoms with Gasteiger partial charge in [-0.05, 0) is 31.2 Å². The lowest BCUT2D eigenvalue weighted by molar-refractivity contribution is 0.445. The lowest BCUT2D eigenvalue weighted by Gasteiger charge is -2.18. The third-order valence-electron chi connectivity index (χ3n) is 4.96. The summed E-state index contributed by atoms with van der Waals surface area (Å²) in [5.74, 6) is -0.770. The van der Waals surface area contributed by atoms with Crippen molar-refractivity contribution in [2.45, 2.75) is 36.1 Å². The van der Waals surface area contributed by atoms with Crippen LogP contribution in [0.1, 0.15) is 31.6 Å². The van der Waals surface area contributed by atoms with Gasteiger partial charge in [0, 0.05) is 36.5 Å². The molecule has 166 valence electrons. The van der Waals surface area contributed by atoms with Crippen molar-refractivity contribution in [1.82, 2.24) is 19.1 Å². The first-order valence-corrected chi connectivity index (χ1v) is 12.1. The summed E-state index contributed by atoms with van der Waals surface area (Å²) in [5.41, 5.74) is 0.559. The Balaban J connectivity index is 1.92. The largest absolute Gasteiger partial charge is 0.305 e. The van der Waals surface area contributed by atoms with E-state index >= 15 is 0 Å². The lowest BCUT2D eigenvalue weighted by atomic mass is 10.1. The maximum absolute atomic E-state index is 14.1. The van der Waals surface area contributed by atoms with Gasteiger partial charge >= 0.3 is 0 Å². The molecule has 0 aliphatic heterocycles. The van der Waals surface area contributed by atoms with E-state index < -0.39 is 26.9 Å². The highest BCUT2D eigenvalue weighted by atomic mass is 32.2. The van der Waals surface area contributed by atoms with Crippen molar-refractivity contribution >= 4 is 21.8 Å². The molecule has 1 heterocycles. The first-order chi connectivity index (χ1) is 14.7. The van der Waals surface area contributed by atoms with E-state index in [0.717, 1.165) is 0 Å². The average molecular weight is 467 g/mol. The second kappa shape index (κ2) is 9.46. The van der Waals surface area contributed by atoms with Gasteiger partial charge in [0.05, 0.1) is 4.90 Å². The Kier molecular flexibility index (Phi) is 7.13. The van der Waals surface area contributed by atoms with Crippen LogP contribution < -0.4 is 0 Å². The molecule has 0 bridgehead atoms. The van der Waals surface area contributed by atoms with Gasteiger partial charge in [-0.25, -0.2) is 17.2 Å². The number of thioether (sulfide) groups is 1. The van der Waals surface area contributed by atoms with Crippen LogP contribution in [0.15, 0.2) is 52.5 Å². The molecular weight excluding hydrogens is 442 g/mol. The molecule has 0 amide bonds. The zero-order chi connectivity index (χ0) is 22.8. The van der Waals surface area contributed by atoms with Gasteiger partial charge in [0.2, 0.25) is 10.0 Å². The zero-order valence-corrected chi connectivity index (χ0v) is 19.3. The topological polar surface area (TPSA) is 68.1 Å². The summed E-state index contributed by atoms with van der Waals surface area (Å²) in [6, 6.07) is 10.3. The smallest absolute Gasteiger partial charge is 0.243 e. The molecule has 0 N–H and O–H groups in total. The summed E-state index contributed by atoms with van der Waals surface area (Å²) in [4.78, 5) is 0.174. The Hall–Kier alpha value is -2.30. The first-order valence-electron chi connectivity index (χ1n) is 9.81. The van der Waals surface area contributed by atoms with Gasteiger partial charge < -0.3 is 4.57 Å². The van der Waals surface area contributed by atoms with Crippen molar-refractivity contribution < 1.29 is 17.2 Å². The van der Waals surface area contributed by atoms with E-state index in [-0.39, 0.29) is 10.5 Å². The molecule has 6 nitrogen and oxygen atoms in total. The number of hydrogen-bond donors (Lipinski definition) is 0. The quantitative estimate of drug-likeness (QED) is 0.452. The van der Waals surface area contributed by atoms with Crippen molar-refractivity contribution in [3.05, 3.63) is 59.7 Å².